The number of halogens is 1. The fourth-order valence-corrected chi connectivity index (χ4v) is 1.77. The van der Waals surface area contributed by atoms with Gasteiger partial charge in [-0.05, 0) is 12.5 Å². The van der Waals surface area contributed by atoms with Crippen LogP contribution in [0.4, 0.5) is 11.6 Å². The van der Waals surface area contributed by atoms with Crippen molar-refractivity contribution >= 4 is 23.2 Å². The van der Waals surface area contributed by atoms with Crippen molar-refractivity contribution in [2.45, 2.75) is 6.42 Å². The molecule has 0 saturated heterocycles. The number of hydrogen-bond donors (Lipinski definition) is 2. The third kappa shape index (κ3) is 3.67. The van der Waals surface area contributed by atoms with E-state index in [4.69, 9.17) is 11.6 Å². The minimum Gasteiger partial charge on any atom is -0.382 e. The zero-order valence-corrected chi connectivity index (χ0v) is 11.8. The van der Waals surface area contributed by atoms with E-state index < -0.39 is 0 Å². The van der Waals surface area contributed by atoms with Crippen LogP contribution in [0.1, 0.15) is 6.42 Å². The summed E-state index contributed by atoms with van der Waals surface area (Å²) in [6, 6.07) is 1.76. The lowest BCUT2D eigenvalue weighted by Crippen LogP contribution is -2.21. The van der Waals surface area contributed by atoms with Crippen molar-refractivity contribution in [2.75, 3.05) is 23.7 Å². The molecule has 2 aromatic heterocycles. The van der Waals surface area contributed by atoms with E-state index in [9.17, 15) is 4.79 Å². The molecule has 0 unspecified atom stereocenters. The molecule has 0 fully saturated rings. The Morgan fingerprint density at radius 2 is 1.95 bits per heavy atom. The summed E-state index contributed by atoms with van der Waals surface area (Å²) in [7, 11) is 1.56. The number of aromatic nitrogens is 4. The molecule has 2 heterocycles. The Hall–Kier alpha value is -2.15. The van der Waals surface area contributed by atoms with Crippen molar-refractivity contribution in [3.8, 4) is 0 Å². The van der Waals surface area contributed by atoms with Gasteiger partial charge in [0.25, 0.3) is 5.56 Å². The van der Waals surface area contributed by atoms with Crippen LogP contribution >= 0.6 is 11.6 Å². The number of anilines is 2. The van der Waals surface area contributed by atoms with Crippen molar-refractivity contribution in [2.24, 2.45) is 7.05 Å². The highest BCUT2D eigenvalue weighted by Crippen LogP contribution is 2.14. The van der Waals surface area contributed by atoms with Gasteiger partial charge in [0.05, 0.1) is 11.9 Å². The molecule has 0 aliphatic heterocycles. The van der Waals surface area contributed by atoms with Gasteiger partial charge < -0.3 is 10.6 Å². The summed E-state index contributed by atoms with van der Waals surface area (Å²) in [6.45, 7) is 1.38. The molecule has 0 amide bonds. The molecular weight excluding hydrogens is 280 g/mol. The third-order valence-electron chi connectivity index (χ3n) is 2.60. The van der Waals surface area contributed by atoms with Crippen molar-refractivity contribution in [1.29, 1.82) is 0 Å². The van der Waals surface area contributed by atoms with E-state index in [1.807, 2.05) is 0 Å². The van der Waals surface area contributed by atoms with Gasteiger partial charge in [-0.2, -0.15) is 5.10 Å². The van der Waals surface area contributed by atoms with Gasteiger partial charge in [0.2, 0.25) is 5.95 Å². The molecule has 20 heavy (non-hydrogen) atoms. The van der Waals surface area contributed by atoms with Crippen LogP contribution < -0.4 is 16.2 Å². The highest BCUT2D eigenvalue weighted by Gasteiger charge is 2.06. The second kappa shape index (κ2) is 6.85. The average Bonchev–Trinajstić information content (AvgIpc) is 2.48. The summed E-state index contributed by atoms with van der Waals surface area (Å²) >= 11 is 5.94. The fraction of sp³-hybridized carbons (Fsp3) is 0.333. The van der Waals surface area contributed by atoms with Crippen LogP contribution in [0.15, 0.2) is 29.5 Å². The molecule has 0 atom stereocenters. The Morgan fingerprint density at radius 1 is 1.25 bits per heavy atom. The summed E-state index contributed by atoms with van der Waals surface area (Å²) in [5.74, 6) is 0.598. The Balaban J connectivity index is 1.77. The first kappa shape index (κ1) is 14.3. The maximum atomic E-state index is 11.6. The van der Waals surface area contributed by atoms with Crippen LogP contribution in [0, 0.1) is 0 Å². The Bertz CT molecular complexity index is 615. The van der Waals surface area contributed by atoms with Crippen LogP contribution in [0.25, 0.3) is 0 Å². The van der Waals surface area contributed by atoms with Crippen LogP contribution in [0.3, 0.4) is 0 Å². The van der Waals surface area contributed by atoms with E-state index in [1.54, 1.807) is 25.5 Å². The van der Waals surface area contributed by atoms with Crippen molar-refractivity contribution < 1.29 is 0 Å². The second-order valence-corrected chi connectivity index (χ2v) is 4.46. The molecule has 0 spiro atoms. The normalized spacial score (nSPS) is 10.3. The van der Waals surface area contributed by atoms with Gasteiger partial charge in [-0.1, -0.05) is 11.6 Å². The van der Waals surface area contributed by atoms with E-state index in [0.29, 0.717) is 24.7 Å². The molecule has 0 radical (unpaired) electrons. The van der Waals surface area contributed by atoms with Gasteiger partial charge in [-0.15, -0.1) is 0 Å². The zero-order chi connectivity index (χ0) is 14.4. The standard InChI is InChI=1S/C12H15ClN6O/c1-19-11(20)10(13)9(8-18-19)14-4-2-5-15-12-16-6-3-7-17-12/h3,6-8,14H,2,4-5H2,1H3,(H,15,16,17). The van der Waals surface area contributed by atoms with Crippen LogP contribution in [0.2, 0.25) is 5.02 Å². The van der Waals surface area contributed by atoms with Crippen LogP contribution in [0.5, 0.6) is 0 Å². The quantitative estimate of drug-likeness (QED) is 0.777. The highest BCUT2D eigenvalue weighted by atomic mass is 35.5. The van der Waals surface area contributed by atoms with Crippen molar-refractivity contribution in [3.05, 3.63) is 40.0 Å². The van der Waals surface area contributed by atoms with Crippen molar-refractivity contribution in [3.63, 3.8) is 0 Å². The zero-order valence-electron chi connectivity index (χ0n) is 11.0. The van der Waals surface area contributed by atoms with Gasteiger partial charge in [0.1, 0.15) is 5.02 Å². The molecular formula is C12H15ClN6O. The SMILES string of the molecule is Cn1ncc(NCCCNc2ncccn2)c(Cl)c1=O. The molecule has 0 bridgehead atoms. The molecule has 0 aliphatic rings. The lowest BCUT2D eigenvalue weighted by molar-refractivity contribution is 0.708. The van der Waals surface area contributed by atoms with Gasteiger partial charge in [0.15, 0.2) is 0 Å². The maximum Gasteiger partial charge on any atom is 0.287 e. The molecule has 0 saturated carbocycles. The van der Waals surface area contributed by atoms with Crippen molar-refractivity contribution in [1.82, 2.24) is 19.7 Å². The van der Waals surface area contributed by atoms with Crippen LogP contribution in [-0.4, -0.2) is 32.8 Å². The van der Waals surface area contributed by atoms with Gasteiger partial charge in [0, 0.05) is 32.5 Å². The summed E-state index contributed by atoms with van der Waals surface area (Å²) in [6.07, 6.45) is 5.72. The van der Waals surface area contributed by atoms with Gasteiger partial charge in [-0.25, -0.2) is 14.6 Å². The lowest BCUT2D eigenvalue weighted by atomic mass is 10.4. The first-order valence-corrected chi connectivity index (χ1v) is 6.53. The molecule has 2 N–H and O–H groups in total. The molecule has 0 aromatic carbocycles. The molecule has 106 valence electrons. The first-order valence-electron chi connectivity index (χ1n) is 6.15. The summed E-state index contributed by atoms with van der Waals surface area (Å²) in [4.78, 5) is 19.7. The summed E-state index contributed by atoms with van der Waals surface area (Å²) in [5, 5.41) is 10.2. The minimum absolute atomic E-state index is 0.154. The highest BCUT2D eigenvalue weighted by molar-refractivity contribution is 6.32. The average molecular weight is 295 g/mol. The van der Waals surface area contributed by atoms with Crippen LogP contribution in [-0.2, 0) is 7.05 Å². The number of nitrogens with zero attached hydrogens (tertiary/aromatic N) is 4. The Labute approximate surface area is 121 Å². The van der Waals surface area contributed by atoms with E-state index in [2.05, 4.69) is 25.7 Å². The van der Waals surface area contributed by atoms with E-state index in [0.717, 1.165) is 6.42 Å². The fourth-order valence-electron chi connectivity index (χ4n) is 1.54. The predicted octanol–water partition coefficient (Wildman–Crippen LogP) is 1.14. The van der Waals surface area contributed by atoms with E-state index in [1.165, 1.54) is 10.9 Å². The molecule has 2 aromatic rings. The minimum atomic E-state index is -0.313. The number of aryl methyl sites for hydroxylation is 1. The Kier molecular flexibility index (Phi) is 4.89. The number of hydrogen-bond acceptors (Lipinski definition) is 6. The molecule has 0 aliphatic carbocycles. The first-order chi connectivity index (χ1) is 9.68. The smallest absolute Gasteiger partial charge is 0.287 e. The number of nitrogens with one attached hydrogen (secondary N) is 2. The largest absolute Gasteiger partial charge is 0.382 e. The topological polar surface area (TPSA) is 84.7 Å². The maximum absolute atomic E-state index is 11.6. The third-order valence-corrected chi connectivity index (χ3v) is 2.96. The molecule has 8 heteroatoms. The number of rotatable bonds is 6. The van der Waals surface area contributed by atoms with E-state index in [-0.39, 0.29) is 10.6 Å². The lowest BCUT2D eigenvalue weighted by Gasteiger charge is -2.08. The molecule has 7 nitrogen and oxygen atoms in total. The predicted molar refractivity (Wildman–Crippen MR) is 78.1 cm³/mol. The van der Waals surface area contributed by atoms with E-state index >= 15 is 0 Å². The summed E-state index contributed by atoms with van der Waals surface area (Å²) < 4.78 is 1.20. The Morgan fingerprint density at radius 3 is 2.70 bits per heavy atom. The second-order valence-electron chi connectivity index (χ2n) is 4.08. The molecule has 2 rings (SSSR count). The van der Waals surface area contributed by atoms with Gasteiger partial charge in [-0.3, -0.25) is 4.79 Å². The summed E-state index contributed by atoms with van der Waals surface area (Å²) in [5.41, 5.74) is 0.234. The van der Waals surface area contributed by atoms with Gasteiger partial charge >= 0.3 is 0 Å². The monoisotopic (exact) mass is 294 g/mol.